The topological polar surface area (TPSA) is 0 Å². The van der Waals surface area contributed by atoms with Crippen molar-refractivity contribution in [2.75, 3.05) is 0 Å². The van der Waals surface area contributed by atoms with Crippen molar-refractivity contribution in [2.24, 2.45) is 17.8 Å². The smallest absolute Gasteiger partial charge is 0.131 e. The van der Waals surface area contributed by atoms with E-state index in [1.807, 2.05) is 6.92 Å². The molecule has 30 heavy (non-hydrogen) atoms. The van der Waals surface area contributed by atoms with Gasteiger partial charge in [0.25, 0.3) is 0 Å². The van der Waals surface area contributed by atoms with E-state index < -0.39 is 0 Å². The quantitative estimate of drug-likeness (QED) is 0.402. The summed E-state index contributed by atoms with van der Waals surface area (Å²) in [5.74, 6) is 3.41. The Hall–Kier alpha value is -1.63. The van der Waals surface area contributed by atoms with E-state index >= 15 is 0 Å². The lowest BCUT2D eigenvalue weighted by molar-refractivity contribution is 0.113. The Morgan fingerprint density at radius 3 is 2.67 bits per heavy atom. The van der Waals surface area contributed by atoms with Crippen molar-refractivity contribution in [2.45, 2.75) is 90.4 Å². The van der Waals surface area contributed by atoms with Gasteiger partial charge in [0.05, 0.1) is 0 Å². The van der Waals surface area contributed by atoms with E-state index in [2.05, 4.69) is 43.3 Å². The Kier molecular flexibility index (Phi) is 7.28. The zero-order chi connectivity index (χ0) is 20.9. The van der Waals surface area contributed by atoms with Crippen LogP contribution in [0.2, 0.25) is 0 Å². The van der Waals surface area contributed by atoms with Gasteiger partial charge in [0.15, 0.2) is 0 Å². The molecule has 2 aromatic carbocycles. The van der Waals surface area contributed by atoms with Crippen molar-refractivity contribution in [3.8, 4) is 0 Å². The molecule has 2 saturated carbocycles. The molecular weight excluding hydrogens is 367 g/mol. The lowest BCUT2D eigenvalue weighted by Gasteiger charge is -2.42. The minimum atomic E-state index is -0.0463. The van der Waals surface area contributed by atoms with Crippen LogP contribution in [0.15, 0.2) is 42.5 Å². The molecular formula is C29H39F. The summed E-state index contributed by atoms with van der Waals surface area (Å²) in [6.07, 6.45) is 18.6. The van der Waals surface area contributed by atoms with Crippen LogP contribution in [-0.2, 0) is 6.42 Å². The summed E-state index contributed by atoms with van der Waals surface area (Å²) in [5.41, 5.74) is 2.47. The third-order valence-electron chi connectivity index (χ3n) is 7.98. The van der Waals surface area contributed by atoms with Crippen molar-refractivity contribution in [1.82, 2.24) is 0 Å². The Morgan fingerprint density at radius 2 is 1.83 bits per heavy atom. The average Bonchev–Trinajstić information content (AvgIpc) is 2.77. The highest BCUT2D eigenvalue weighted by Gasteiger charge is 2.35. The maximum atomic E-state index is 14.9. The minimum Gasteiger partial charge on any atom is -0.206 e. The molecule has 2 aliphatic carbocycles. The Balaban J connectivity index is 1.44. The van der Waals surface area contributed by atoms with Gasteiger partial charge in [-0.05, 0) is 104 Å². The van der Waals surface area contributed by atoms with Crippen LogP contribution in [0.1, 0.15) is 95.1 Å². The molecule has 4 atom stereocenters. The highest BCUT2D eigenvalue weighted by atomic mass is 19.1. The summed E-state index contributed by atoms with van der Waals surface area (Å²) in [6.45, 7) is 4.35. The van der Waals surface area contributed by atoms with Crippen LogP contribution in [0.3, 0.4) is 0 Å². The zero-order valence-corrected chi connectivity index (χ0v) is 19.0. The molecule has 0 heterocycles. The molecule has 2 aliphatic rings. The van der Waals surface area contributed by atoms with E-state index in [-0.39, 0.29) is 5.82 Å². The summed E-state index contributed by atoms with van der Waals surface area (Å²) in [6, 6.07) is 10.6. The molecule has 0 N–H and O–H groups in total. The van der Waals surface area contributed by atoms with Crippen LogP contribution in [0.5, 0.6) is 0 Å². The van der Waals surface area contributed by atoms with Gasteiger partial charge in [0.1, 0.15) is 5.82 Å². The van der Waals surface area contributed by atoms with Gasteiger partial charge in [-0.3, -0.25) is 0 Å². The number of allylic oxidation sites excluding steroid dienone is 2. The van der Waals surface area contributed by atoms with Gasteiger partial charge in [-0.2, -0.15) is 0 Å². The van der Waals surface area contributed by atoms with E-state index in [9.17, 15) is 4.39 Å². The number of halogens is 1. The Labute approximate surface area is 183 Å². The first-order chi connectivity index (χ1) is 14.7. The third-order valence-corrected chi connectivity index (χ3v) is 7.98. The SMILES string of the molecule is CC=CCCc1cc(F)c2cc(C3CCC4CC(CCCC)CCC4C3)ccc2c1. The zero-order valence-electron chi connectivity index (χ0n) is 19.0. The number of hydrogen-bond donors (Lipinski definition) is 0. The van der Waals surface area contributed by atoms with Crippen LogP contribution in [0, 0.1) is 23.6 Å². The number of unbranched alkanes of at least 4 members (excludes halogenated alkanes) is 1. The molecule has 0 bridgehead atoms. The van der Waals surface area contributed by atoms with E-state index in [1.165, 1.54) is 63.4 Å². The summed E-state index contributed by atoms with van der Waals surface area (Å²) in [7, 11) is 0. The van der Waals surface area contributed by atoms with Gasteiger partial charge in [-0.25, -0.2) is 4.39 Å². The number of fused-ring (bicyclic) bond motifs is 2. The van der Waals surface area contributed by atoms with Gasteiger partial charge < -0.3 is 0 Å². The monoisotopic (exact) mass is 406 g/mol. The standard InChI is InChI=1S/C29H39F/c1-3-5-7-9-22-17-27-15-14-26(20-28(27)29(30)18-22)25-13-12-23-16-21(8-6-4-2)10-11-24(23)19-25/h3,5,14-15,17-18,20-21,23-25H,4,6-13,16,19H2,1-2H3. The molecule has 0 nitrogen and oxygen atoms in total. The lowest BCUT2D eigenvalue weighted by atomic mass is 9.63. The molecule has 0 saturated heterocycles. The number of benzene rings is 2. The number of aryl methyl sites for hydroxylation is 1. The predicted molar refractivity (Wildman–Crippen MR) is 127 cm³/mol. The maximum Gasteiger partial charge on any atom is 0.131 e. The highest BCUT2D eigenvalue weighted by Crippen LogP contribution is 2.48. The second kappa shape index (κ2) is 10.1. The molecule has 0 aliphatic heterocycles. The van der Waals surface area contributed by atoms with Crippen molar-refractivity contribution < 1.29 is 4.39 Å². The second-order valence-corrected chi connectivity index (χ2v) is 10.0. The van der Waals surface area contributed by atoms with Crippen molar-refractivity contribution in [3.05, 3.63) is 59.4 Å². The molecule has 0 aromatic heterocycles. The van der Waals surface area contributed by atoms with Crippen LogP contribution >= 0.6 is 0 Å². The molecule has 0 radical (unpaired) electrons. The van der Waals surface area contributed by atoms with Crippen LogP contribution in [-0.4, -0.2) is 0 Å². The molecule has 2 aromatic rings. The Morgan fingerprint density at radius 1 is 1.00 bits per heavy atom. The first kappa shape index (κ1) is 21.6. The van der Waals surface area contributed by atoms with E-state index in [0.29, 0.717) is 5.92 Å². The molecule has 0 spiro atoms. The molecule has 162 valence electrons. The second-order valence-electron chi connectivity index (χ2n) is 10.0. The van der Waals surface area contributed by atoms with E-state index in [0.717, 1.165) is 46.9 Å². The predicted octanol–water partition coefficient (Wildman–Crippen LogP) is 8.98. The normalized spacial score (nSPS) is 26.9. The van der Waals surface area contributed by atoms with E-state index in [4.69, 9.17) is 0 Å². The van der Waals surface area contributed by atoms with Gasteiger partial charge >= 0.3 is 0 Å². The summed E-state index contributed by atoms with van der Waals surface area (Å²) in [5, 5.41) is 1.87. The first-order valence-corrected chi connectivity index (χ1v) is 12.5. The largest absolute Gasteiger partial charge is 0.206 e. The third kappa shape index (κ3) is 4.98. The van der Waals surface area contributed by atoms with Crippen LogP contribution in [0.4, 0.5) is 4.39 Å². The fourth-order valence-corrected chi connectivity index (χ4v) is 6.25. The van der Waals surface area contributed by atoms with Crippen molar-refractivity contribution in [1.29, 1.82) is 0 Å². The number of rotatable bonds is 7. The molecule has 0 amide bonds. The molecule has 2 fully saturated rings. The molecule has 4 unspecified atom stereocenters. The van der Waals surface area contributed by atoms with Crippen LogP contribution in [0.25, 0.3) is 10.8 Å². The van der Waals surface area contributed by atoms with Gasteiger partial charge in [-0.1, -0.05) is 63.0 Å². The minimum absolute atomic E-state index is 0.0463. The fraction of sp³-hybridized carbons (Fsp3) is 0.586. The van der Waals surface area contributed by atoms with Crippen molar-refractivity contribution >= 4 is 10.8 Å². The van der Waals surface area contributed by atoms with Gasteiger partial charge in [0.2, 0.25) is 0 Å². The maximum absolute atomic E-state index is 14.9. The fourth-order valence-electron chi connectivity index (χ4n) is 6.25. The summed E-state index contributed by atoms with van der Waals surface area (Å²) >= 11 is 0. The first-order valence-electron chi connectivity index (χ1n) is 12.5. The van der Waals surface area contributed by atoms with Gasteiger partial charge in [-0.15, -0.1) is 0 Å². The molecule has 1 heteroatoms. The number of hydrogen-bond acceptors (Lipinski definition) is 0. The lowest BCUT2D eigenvalue weighted by Crippen LogP contribution is -2.30. The summed E-state index contributed by atoms with van der Waals surface area (Å²) < 4.78 is 14.9. The highest BCUT2D eigenvalue weighted by molar-refractivity contribution is 5.84. The van der Waals surface area contributed by atoms with E-state index in [1.54, 1.807) is 6.07 Å². The van der Waals surface area contributed by atoms with Gasteiger partial charge in [0, 0.05) is 5.39 Å². The van der Waals surface area contributed by atoms with Crippen molar-refractivity contribution in [3.63, 3.8) is 0 Å². The van der Waals surface area contributed by atoms with Crippen LogP contribution < -0.4 is 0 Å². The molecule has 4 rings (SSSR count). The average molecular weight is 407 g/mol. The summed E-state index contributed by atoms with van der Waals surface area (Å²) in [4.78, 5) is 0. The Bertz CT molecular complexity index is 864.